The van der Waals surface area contributed by atoms with Crippen molar-refractivity contribution in [3.63, 3.8) is 0 Å². The van der Waals surface area contributed by atoms with Crippen LogP contribution in [0.25, 0.3) is 0 Å². The molecule has 4 rings (SSSR count). The maximum Gasteiger partial charge on any atom is 0.174 e. The topological polar surface area (TPSA) is 33.1 Å². The summed E-state index contributed by atoms with van der Waals surface area (Å²) in [6.07, 6.45) is 1.79. The molecule has 4 nitrogen and oxygen atoms in total. The van der Waals surface area contributed by atoms with E-state index in [-0.39, 0.29) is 17.9 Å². The number of aromatic nitrogens is 2. The summed E-state index contributed by atoms with van der Waals surface area (Å²) in [6, 6.07) is 14.4. The molecule has 138 valence electrons. The Balaban J connectivity index is 1.87. The maximum absolute atomic E-state index is 13.5. The molecule has 1 saturated heterocycles. The van der Waals surface area contributed by atoms with Gasteiger partial charge in [-0.05, 0) is 74.1 Å². The van der Waals surface area contributed by atoms with E-state index in [0.29, 0.717) is 5.11 Å². The van der Waals surface area contributed by atoms with Gasteiger partial charge >= 0.3 is 0 Å². The average Bonchev–Trinajstić information content (AvgIpc) is 3.14. The minimum atomic E-state index is -0.263. The summed E-state index contributed by atoms with van der Waals surface area (Å²) in [7, 11) is 2.06. The number of hydrogen-bond acceptors (Lipinski definition) is 2. The van der Waals surface area contributed by atoms with Crippen LogP contribution in [-0.2, 0) is 7.05 Å². The van der Waals surface area contributed by atoms with Gasteiger partial charge in [0.1, 0.15) is 5.82 Å². The smallest absolute Gasteiger partial charge is 0.174 e. The first-order chi connectivity index (χ1) is 13.0. The second kappa shape index (κ2) is 6.78. The van der Waals surface area contributed by atoms with E-state index < -0.39 is 0 Å². The van der Waals surface area contributed by atoms with E-state index in [2.05, 4.69) is 46.7 Å². The molecule has 1 aliphatic rings. The van der Waals surface area contributed by atoms with Gasteiger partial charge in [0.2, 0.25) is 0 Å². The van der Waals surface area contributed by atoms with Gasteiger partial charge in [-0.3, -0.25) is 4.98 Å². The lowest BCUT2D eigenvalue weighted by Gasteiger charge is -2.28. The van der Waals surface area contributed by atoms with Gasteiger partial charge in [0.05, 0.1) is 17.8 Å². The number of rotatable bonds is 3. The molecular formula is C21H21FN4S. The van der Waals surface area contributed by atoms with Crippen LogP contribution in [0.4, 0.5) is 10.1 Å². The molecule has 0 amide bonds. The largest absolute Gasteiger partial charge is 0.352 e. The van der Waals surface area contributed by atoms with Crippen LogP contribution in [0.15, 0.2) is 54.7 Å². The van der Waals surface area contributed by atoms with E-state index in [1.165, 1.54) is 29.1 Å². The number of nitrogens with zero attached hydrogens (tertiary/aromatic N) is 3. The Morgan fingerprint density at radius 1 is 1.11 bits per heavy atom. The molecule has 3 aromatic rings. The molecule has 0 aliphatic carbocycles. The fourth-order valence-corrected chi connectivity index (χ4v) is 4.08. The highest BCUT2D eigenvalue weighted by Gasteiger charge is 2.42. The summed E-state index contributed by atoms with van der Waals surface area (Å²) >= 11 is 5.68. The Bertz CT molecular complexity index is 981. The summed E-state index contributed by atoms with van der Waals surface area (Å²) in [4.78, 5) is 6.62. The van der Waals surface area contributed by atoms with Crippen molar-refractivity contribution >= 4 is 23.0 Å². The van der Waals surface area contributed by atoms with Crippen LogP contribution in [0.5, 0.6) is 0 Å². The highest BCUT2D eigenvalue weighted by molar-refractivity contribution is 7.80. The SMILES string of the molecule is Cc1cc([C@@H]2[C@H](c3ccccn3)NC(=S)N2c2ccc(F)cc2)c(C)n1C. The third kappa shape index (κ3) is 3.00. The third-order valence-corrected chi connectivity index (χ3v) is 5.65. The number of nitrogens with one attached hydrogen (secondary N) is 1. The normalized spacial score (nSPS) is 19.4. The van der Waals surface area contributed by atoms with Crippen LogP contribution >= 0.6 is 12.2 Å². The molecule has 1 N–H and O–H groups in total. The summed E-state index contributed by atoms with van der Waals surface area (Å²) in [5, 5.41) is 4.04. The number of aryl methyl sites for hydroxylation is 1. The van der Waals surface area contributed by atoms with Crippen LogP contribution in [0.2, 0.25) is 0 Å². The van der Waals surface area contributed by atoms with Crippen LogP contribution in [0.3, 0.4) is 0 Å². The van der Waals surface area contributed by atoms with Crippen molar-refractivity contribution in [3.05, 3.63) is 83.2 Å². The van der Waals surface area contributed by atoms with E-state index in [4.69, 9.17) is 12.2 Å². The number of benzene rings is 1. The molecule has 1 fully saturated rings. The van der Waals surface area contributed by atoms with Crippen molar-refractivity contribution in [2.75, 3.05) is 4.90 Å². The van der Waals surface area contributed by atoms with Crippen molar-refractivity contribution in [2.24, 2.45) is 7.05 Å². The summed E-state index contributed by atoms with van der Waals surface area (Å²) in [6.45, 7) is 4.21. The number of pyridine rings is 1. The Kier molecular flexibility index (Phi) is 4.44. The van der Waals surface area contributed by atoms with Crippen LogP contribution in [0, 0.1) is 19.7 Å². The zero-order chi connectivity index (χ0) is 19.1. The molecule has 2 atom stereocenters. The first-order valence-electron chi connectivity index (χ1n) is 8.86. The molecule has 0 radical (unpaired) electrons. The van der Waals surface area contributed by atoms with E-state index in [1.54, 1.807) is 18.3 Å². The van der Waals surface area contributed by atoms with E-state index in [0.717, 1.165) is 11.4 Å². The van der Waals surface area contributed by atoms with Gasteiger partial charge in [-0.15, -0.1) is 0 Å². The van der Waals surface area contributed by atoms with Crippen LogP contribution in [0.1, 0.15) is 34.7 Å². The lowest BCUT2D eigenvalue weighted by Crippen LogP contribution is -2.29. The van der Waals surface area contributed by atoms with E-state index in [1.807, 2.05) is 18.2 Å². The van der Waals surface area contributed by atoms with Gasteiger partial charge in [-0.25, -0.2) is 4.39 Å². The molecule has 0 bridgehead atoms. The van der Waals surface area contributed by atoms with Crippen molar-refractivity contribution in [3.8, 4) is 0 Å². The lowest BCUT2D eigenvalue weighted by molar-refractivity contribution is 0.564. The zero-order valence-electron chi connectivity index (χ0n) is 15.5. The van der Waals surface area contributed by atoms with Gasteiger partial charge in [-0.1, -0.05) is 6.07 Å². The molecule has 1 aromatic carbocycles. The van der Waals surface area contributed by atoms with E-state index in [9.17, 15) is 4.39 Å². The Morgan fingerprint density at radius 2 is 1.85 bits per heavy atom. The Morgan fingerprint density at radius 3 is 2.44 bits per heavy atom. The van der Waals surface area contributed by atoms with Crippen molar-refractivity contribution in [2.45, 2.75) is 25.9 Å². The van der Waals surface area contributed by atoms with Crippen LogP contribution < -0.4 is 10.2 Å². The predicted molar refractivity (Wildman–Crippen MR) is 109 cm³/mol. The molecule has 6 heteroatoms. The minimum Gasteiger partial charge on any atom is -0.352 e. The maximum atomic E-state index is 13.5. The highest BCUT2D eigenvalue weighted by atomic mass is 32.1. The molecular weight excluding hydrogens is 359 g/mol. The minimum absolute atomic E-state index is 0.0715. The van der Waals surface area contributed by atoms with Crippen molar-refractivity contribution in [1.82, 2.24) is 14.9 Å². The molecule has 0 unspecified atom stereocenters. The Labute approximate surface area is 163 Å². The second-order valence-electron chi connectivity index (χ2n) is 6.86. The van der Waals surface area contributed by atoms with E-state index >= 15 is 0 Å². The lowest BCUT2D eigenvalue weighted by atomic mass is 9.96. The fraction of sp³-hybridized carbons (Fsp3) is 0.238. The van der Waals surface area contributed by atoms with Gasteiger partial charge < -0.3 is 14.8 Å². The monoisotopic (exact) mass is 380 g/mol. The van der Waals surface area contributed by atoms with Gasteiger partial charge in [0.25, 0.3) is 0 Å². The number of anilines is 1. The number of thiocarbonyl (C=S) groups is 1. The molecule has 27 heavy (non-hydrogen) atoms. The fourth-order valence-electron chi connectivity index (χ4n) is 3.73. The summed E-state index contributed by atoms with van der Waals surface area (Å²) in [5.41, 5.74) is 5.33. The zero-order valence-corrected chi connectivity index (χ0v) is 16.3. The Hall–Kier alpha value is -2.73. The number of halogens is 1. The van der Waals surface area contributed by atoms with Gasteiger partial charge in [0, 0.05) is 30.3 Å². The molecule has 2 aromatic heterocycles. The van der Waals surface area contributed by atoms with Crippen molar-refractivity contribution < 1.29 is 4.39 Å². The molecule has 3 heterocycles. The highest BCUT2D eigenvalue weighted by Crippen LogP contribution is 2.43. The predicted octanol–water partition coefficient (Wildman–Crippen LogP) is 4.35. The van der Waals surface area contributed by atoms with Crippen LogP contribution in [-0.4, -0.2) is 14.7 Å². The van der Waals surface area contributed by atoms with Gasteiger partial charge in [-0.2, -0.15) is 0 Å². The third-order valence-electron chi connectivity index (χ3n) is 5.34. The number of hydrogen-bond donors (Lipinski definition) is 1. The first kappa shape index (κ1) is 17.7. The summed E-state index contributed by atoms with van der Waals surface area (Å²) in [5.74, 6) is -0.263. The second-order valence-corrected chi connectivity index (χ2v) is 7.25. The molecule has 0 saturated carbocycles. The van der Waals surface area contributed by atoms with Crippen molar-refractivity contribution in [1.29, 1.82) is 0 Å². The van der Waals surface area contributed by atoms with Gasteiger partial charge in [0.15, 0.2) is 5.11 Å². The standard InChI is InChI=1S/C21H21FN4S/c1-13-12-17(14(2)25(13)3)20-19(18-6-4-5-11-23-18)24-21(27)26(20)16-9-7-15(22)8-10-16/h4-12,19-20H,1-3H3,(H,24,27)/t19-,20+/m0/s1. The summed E-state index contributed by atoms with van der Waals surface area (Å²) < 4.78 is 15.6. The average molecular weight is 380 g/mol. The quantitative estimate of drug-likeness (QED) is 0.685. The molecule has 0 spiro atoms. The first-order valence-corrected chi connectivity index (χ1v) is 9.27. The molecule has 1 aliphatic heterocycles.